The molecule has 1 aromatic carbocycles. The fourth-order valence-corrected chi connectivity index (χ4v) is 3.33. The number of hydrogen-bond donors (Lipinski definition) is 2. The van der Waals surface area contributed by atoms with Crippen LogP contribution in [-0.2, 0) is 23.6 Å². The lowest BCUT2D eigenvalue weighted by Gasteiger charge is -2.14. The van der Waals surface area contributed by atoms with Crippen molar-refractivity contribution in [3.8, 4) is 0 Å². The molecule has 0 atom stereocenters. The molecule has 0 radical (unpaired) electrons. The van der Waals surface area contributed by atoms with E-state index in [0.717, 1.165) is 11.3 Å². The van der Waals surface area contributed by atoms with E-state index in [1.54, 1.807) is 6.92 Å². The highest BCUT2D eigenvalue weighted by Gasteiger charge is 2.37. The molecule has 0 spiro atoms. The second-order valence-corrected chi connectivity index (χ2v) is 7.37. The molecule has 13 heteroatoms. The van der Waals surface area contributed by atoms with Crippen molar-refractivity contribution in [3.05, 3.63) is 64.1 Å². The second kappa shape index (κ2) is 8.65. The maximum absolute atomic E-state index is 12.9. The van der Waals surface area contributed by atoms with E-state index in [-0.39, 0.29) is 22.5 Å². The third-order valence-corrected chi connectivity index (χ3v) is 4.90. The van der Waals surface area contributed by atoms with Gasteiger partial charge in [-0.1, -0.05) is 0 Å². The maximum Gasteiger partial charge on any atom is 0.416 e. The Labute approximate surface area is 180 Å². The van der Waals surface area contributed by atoms with Crippen molar-refractivity contribution in [2.24, 2.45) is 0 Å². The Bertz CT molecular complexity index is 1120. The zero-order chi connectivity index (χ0) is 23.7. The molecule has 0 saturated carbocycles. The van der Waals surface area contributed by atoms with Gasteiger partial charge >= 0.3 is 12.4 Å². The van der Waals surface area contributed by atoms with Crippen molar-refractivity contribution < 1.29 is 40.3 Å². The van der Waals surface area contributed by atoms with Gasteiger partial charge in [-0.3, -0.25) is 14.9 Å². The summed E-state index contributed by atoms with van der Waals surface area (Å²) in [6, 6.07) is 2.24. The first kappa shape index (κ1) is 23.3. The van der Waals surface area contributed by atoms with Crippen molar-refractivity contribution in [3.63, 3.8) is 0 Å². The highest BCUT2D eigenvalue weighted by molar-refractivity contribution is 7.14. The van der Waals surface area contributed by atoms with Crippen LogP contribution in [0.4, 0.5) is 37.2 Å². The number of nitrogens with one attached hydrogen (secondary N) is 2. The number of hydrogen-bond acceptors (Lipinski definition) is 5. The monoisotopic (exact) mass is 477 g/mol. The SMILES string of the molecule is Cc1occc1C(=O)Nc1nc(CC(=O)Nc2cc(C(F)(F)F)cc(C(F)(F)F)c2)cs1. The van der Waals surface area contributed by atoms with Crippen LogP contribution in [-0.4, -0.2) is 16.8 Å². The number of carbonyl (C=O) groups excluding carboxylic acids is 2. The minimum absolute atomic E-state index is 0.0349. The third-order valence-electron chi connectivity index (χ3n) is 4.09. The Kier molecular flexibility index (Phi) is 6.30. The number of carbonyl (C=O) groups is 2. The van der Waals surface area contributed by atoms with Crippen LogP contribution in [0.3, 0.4) is 0 Å². The van der Waals surface area contributed by atoms with Gasteiger partial charge in [0.2, 0.25) is 5.91 Å². The Balaban J connectivity index is 1.70. The zero-order valence-corrected chi connectivity index (χ0v) is 16.8. The van der Waals surface area contributed by atoms with Gasteiger partial charge < -0.3 is 9.73 Å². The molecule has 3 rings (SSSR count). The number of thiazole rings is 1. The number of benzene rings is 1. The van der Waals surface area contributed by atoms with Gasteiger partial charge in [0, 0.05) is 11.1 Å². The lowest BCUT2D eigenvalue weighted by Crippen LogP contribution is -2.17. The summed E-state index contributed by atoms with van der Waals surface area (Å²) in [4.78, 5) is 28.3. The minimum atomic E-state index is -5.03. The molecule has 0 aliphatic heterocycles. The Morgan fingerprint density at radius 3 is 2.19 bits per heavy atom. The number of nitrogens with zero attached hydrogens (tertiary/aromatic N) is 1. The second-order valence-electron chi connectivity index (χ2n) is 6.51. The number of furan rings is 1. The molecule has 2 heterocycles. The van der Waals surface area contributed by atoms with Gasteiger partial charge in [0.1, 0.15) is 5.76 Å². The molecule has 0 fully saturated rings. The predicted octanol–water partition coefficient (Wildman–Crippen LogP) is 5.52. The summed E-state index contributed by atoms with van der Waals surface area (Å²) in [5.74, 6) is -0.991. The molecule has 0 aliphatic rings. The molecule has 0 saturated heterocycles. The van der Waals surface area contributed by atoms with Crippen LogP contribution in [0.1, 0.15) is 32.9 Å². The number of rotatable bonds is 5. The van der Waals surface area contributed by atoms with Crippen LogP contribution >= 0.6 is 11.3 Å². The highest BCUT2D eigenvalue weighted by atomic mass is 32.1. The van der Waals surface area contributed by atoms with E-state index in [2.05, 4.69) is 10.3 Å². The molecule has 0 aliphatic carbocycles. The summed E-state index contributed by atoms with van der Waals surface area (Å²) in [7, 11) is 0. The summed E-state index contributed by atoms with van der Waals surface area (Å²) < 4.78 is 82.6. The molecule has 6 nitrogen and oxygen atoms in total. The Hall–Kier alpha value is -3.35. The first-order valence-electron chi connectivity index (χ1n) is 8.72. The van der Waals surface area contributed by atoms with E-state index in [9.17, 15) is 35.9 Å². The molecule has 2 N–H and O–H groups in total. The molecule has 32 heavy (non-hydrogen) atoms. The fourth-order valence-electron chi connectivity index (χ4n) is 2.63. The molecule has 0 unspecified atom stereocenters. The summed E-state index contributed by atoms with van der Waals surface area (Å²) in [5, 5.41) is 6.10. The Morgan fingerprint density at radius 2 is 1.66 bits per heavy atom. The van der Waals surface area contributed by atoms with Crippen molar-refractivity contribution in [1.29, 1.82) is 0 Å². The highest BCUT2D eigenvalue weighted by Crippen LogP contribution is 2.37. The lowest BCUT2D eigenvalue weighted by molar-refractivity contribution is -0.143. The smallest absolute Gasteiger partial charge is 0.416 e. The predicted molar refractivity (Wildman–Crippen MR) is 102 cm³/mol. The fraction of sp³-hybridized carbons (Fsp3) is 0.211. The van der Waals surface area contributed by atoms with Gasteiger partial charge in [0.05, 0.1) is 35.1 Å². The topological polar surface area (TPSA) is 84.2 Å². The van der Waals surface area contributed by atoms with Gasteiger partial charge in [0.25, 0.3) is 5.91 Å². The van der Waals surface area contributed by atoms with Gasteiger partial charge in [-0.15, -0.1) is 11.3 Å². The van der Waals surface area contributed by atoms with Crippen LogP contribution in [0.2, 0.25) is 0 Å². The standard InChI is InChI=1S/C19H13F6N3O3S/c1-9-14(2-3-31-9)16(30)28-17-27-13(8-32-17)7-15(29)26-12-5-10(18(20,21)22)4-11(6-12)19(23,24)25/h2-6,8H,7H2,1H3,(H,26,29)(H,27,28,30). The van der Waals surface area contributed by atoms with Crippen molar-refractivity contribution in [2.75, 3.05) is 10.6 Å². The molecule has 2 amide bonds. The van der Waals surface area contributed by atoms with Crippen molar-refractivity contribution in [1.82, 2.24) is 4.98 Å². The van der Waals surface area contributed by atoms with Gasteiger partial charge in [-0.25, -0.2) is 4.98 Å². The molecular formula is C19H13F6N3O3S. The molecule has 0 bridgehead atoms. The largest absolute Gasteiger partial charge is 0.469 e. The normalized spacial score (nSPS) is 12.0. The van der Waals surface area contributed by atoms with E-state index < -0.39 is 47.4 Å². The number of anilines is 2. The maximum atomic E-state index is 12.9. The molecular weight excluding hydrogens is 464 g/mol. The third kappa shape index (κ3) is 5.66. The first-order valence-corrected chi connectivity index (χ1v) is 9.60. The molecule has 3 aromatic rings. The molecule has 2 aromatic heterocycles. The average molecular weight is 477 g/mol. The zero-order valence-electron chi connectivity index (χ0n) is 16.0. The average Bonchev–Trinajstić information content (AvgIpc) is 3.28. The number of aromatic nitrogens is 1. The Morgan fingerprint density at radius 1 is 1.03 bits per heavy atom. The summed E-state index contributed by atoms with van der Waals surface area (Å²) in [5.41, 5.74) is -3.30. The van der Waals surface area contributed by atoms with Crippen LogP contribution in [0.5, 0.6) is 0 Å². The number of amides is 2. The van der Waals surface area contributed by atoms with Crippen molar-refractivity contribution >= 4 is 34.0 Å². The van der Waals surface area contributed by atoms with E-state index in [1.165, 1.54) is 17.7 Å². The van der Waals surface area contributed by atoms with E-state index in [1.807, 2.05) is 5.32 Å². The minimum Gasteiger partial charge on any atom is -0.469 e. The summed E-state index contributed by atoms with van der Waals surface area (Å²) in [6.07, 6.45) is -9.17. The van der Waals surface area contributed by atoms with E-state index in [0.29, 0.717) is 17.9 Å². The lowest BCUT2D eigenvalue weighted by atomic mass is 10.1. The van der Waals surface area contributed by atoms with Gasteiger partial charge in [-0.2, -0.15) is 26.3 Å². The van der Waals surface area contributed by atoms with Gasteiger partial charge in [-0.05, 0) is 31.2 Å². The van der Waals surface area contributed by atoms with E-state index >= 15 is 0 Å². The van der Waals surface area contributed by atoms with E-state index in [4.69, 9.17) is 4.42 Å². The van der Waals surface area contributed by atoms with Crippen LogP contribution in [0.25, 0.3) is 0 Å². The van der Waals surface area contributed by atoms with Gasteiger partial charge in [0.15, 0.2) is 5.13 Å². The van der Waals surface area contributed by atoms with Crippen molar-refractivity contribution in [2.45, 2.75) is 25.7 Å². The van der Waals surface area contributed by atoms with Crippen LogP contribution in [0.15, 0.2) is 40.3 Å². The number of aryl methyl sites for hydroxylation is 1. The van der Waals surface area contributed by atoms with Crippen LogP contribution in [0, 0.1) is 6.92 Å². The molecule has 170 valence electrons. The summed E-state index contributed by atoms with van der Waals surface area (Å²) in [6.45, 7) is 1.59. The number of halogens is 6. The summed E-state index contributed by atoms with van der Waals surface area (Å²) >= 11 is 0.990. The number of alkyl halides is 6. The van der Waals surface area contributed by atoms with Crippen LogP contribution < -0.4 is 10.6 Å². The quantitative estimate of drug-likeness (QED) is 0.475. The first-order chi connectivity index (χ1) is 14.8.